The molecule has 0 aromatic rings. The Hall–Kier alpha value is -0.120. The molecule has 0 amide bonds. The van der Waals surface area contributed by atoms with Crippen LogP contribution in [-0.4, -0.2) is 51.3 Å². The second-order valence-electron chi connectivity index (χ2n) is 4.52. The topological polar surface area (TPSA) is 24.5 Å². The number of hydrogen-bond donors (Lipinski definition) is 1. The Kier molecular flexibility index (Phi) is 10.3. The predicted octanol–water partition coefficient (Wildman–Crippen LogP) is 1.59. The van der Waals surface area contributed by atoms with Gasteiger partial charge >= 0.3 is 0 Å². The van der Waals surface area contributed by atoms with Crippen LogP contribution in [-0.2, 0) is 4.74 Å². The van der Waals surface area contributed by atoms with Gasteiger partial charge in [-0.15, -0.1) is 0 Å². The van der Waals surface area contributed by atoms with Crippen molar-refractivity contribution in [2.45, 2.75) is 27.2 Å². The number of nitrogens with zero attached hydrogens (tertiary/aromatic N) is 1. The van der Waals surface area contributed by atoms with Crippen molar-refractivity contribution in [1.29, 1.82) is 0 Å². The number of rotatable bonds is 10. The molecule has 0 unspecified atom stereocenters. The molecule has 0 aromatic carbocycles. The molecule has 0 aliphatic heterocycles. The lowest BCUT2D eigenvalue weighted by Gasteiger charge is -2.17. The fraction of sp³-hybridized carbons (Fsp3) is 1.00. The highest BCUT2D eigenvalue weighted by molar-refractivity contribution is 4.54. The van der Waals surface area contributed by atoms with E-state index >= 15 is 0 Å². The van der Waals surface area contributed by atoms with Gasteiger partial charge in [-0.1, -0.05) is 20.8 Å². The van der Waals surface area contributed by atoms with Crippen LogP contribution in [0.4, 0.5) is 0 Å². The zero-order valence-corrected chi connectivity index (χ0v) is 10.9. The first-order valence-electron chi connectivity index (χ1n) is 6.13. The van der Waals surface area contributed by atoms with Crippen LogP contribution < -0.4 is 5.32 Å². The summed E-state index contributed by atoms with van der Waals surface area (Å²) in [4.78, 5) is 2.31. The Bertz CT molecular complexity index is 129. The largest absolute Gasteiger partial charge is 0.380 e. The third kappa shape index (κ3) is 11.8. The summed E-state index contributed by atoms with van der Waals surface area (Å²) in [5.74, 6) is 0.640. The standard InChI is InChI=1S/C12H28N2O/c1-5-6-13-7-8-14(4)9-10-15-11-12(2)3/h12-13H,5-11H2,1-4H3. The van der Waals surface area contributed by atoms with E-state index in [1.165, 1.54) is 6.42 Å². The molecule has 0 rings (SSSR count). The molecule has 0 atom stereocenters. The maximum atomic E-state index is 5.53. The van der Waals surface area contributed by atoms with Crippen LogP contribution in [0.15, 0.2) is 0 Å². The Morgan fingerprint density at radius 2 is 1.93 bits per heavy atom. The van der Waals surface area contributed by atoms with E-state index in [9.17, 15) is 0 Å². The summed E-state index contributed by atoms with van der Waals surface area (Å²) < 4.78 is 5.53. The number of hydrogen-bond acceptors (Lipinski definition) is 3. The van der Waals surface area contributed by atoms with Crippen molar-refractivity contribution in [1.82, 2.24) is 10.2 Å². The zero-order valence-electron chi connectivity index (χ0n) is 10.9. The number of likely N-dealkylation sites (N-methyl/N-ethyl adjacent to an activating group) is 1. The van der Waals surface area contributed by atoms with E-state index in [0.717, 1.165) is 39.4 Å². The minimum Gasteiger partial charge on any atom is -0.380 e. The number of ether oxygens (including phenoxy) is 1. The van der Waals surface area contributed by atoms with E-state index in [2.05, 4.69) is 38.0 Å². The Morgan fingerprint density at radius 1 is 1.20 bits per heavy atom. The summed E-state index contributed by atoms with van der Waals surface area (Å²) >= 11 is 0. The predicted molar refractivity (Wildman–Crippen MR) is 66.3 cm³/mol. The maximum Gasteiger partial charge on any atom is 0.0593 e. The molecule has 0 saturated carbocycles. The molecule has 0 aliphatic rings. The molecule has 3 heteroatoms. The summed E-state index contributed by atoms with van der Waals surface area (Å²) in [5, 5.41) is 3.39. The van der Waals surface area contributed by atoms with Crippen molar-refractivity contribution in [2.24, 2.45) is 5.92 Å². The van der Waals surface area contributed by atoms with Crippen molar-refractivity contribution >= 4 is 0 Å². The maximum absolute atomic E-state index is 5.53. The molecule has 0 radical (unpaired) electrons. The zero-order chi connectivity index (χ0) is 11.5. The first kappa shape index (κ1) is 14.9. The summed E-state index contributed by atoms with van der Waals surface area (Å²) in [6.45, 7) is 12.6. The SMILES string of the molecule is CCCNCCN(C)CCOCC(C)C. The van der Waals surface area contributed by atoms with Crippen LogP contribution in [0.5, 0.6) is 0 Å². The lowest BCUT2D eigenvalue weighted by Crippen LogP contribution is -2.32. The van der Waals surface area contributed by atoms with Crippen molar-refractivity contribution in [2.75, 3.05) is 46.4 Å². The highest BCUT2D eigenvalue weighted by Gasteiger charge is 1.98. The van der Waals surface area contributed by atoms with Crippen LogP contribution in [0.25, 0.3) is 0 Å². The lowest BCUT2D eigenvalue weighted by molar-refractivity contribution is 0.0917. The quantitative estimate of drug-likeness (QED) is 0.561. The number of nitrogens with one attached hydrogen (secondary N) is 1. The normalized spacial score (nSPS) is 11.6. The second kappa shape index (κ2) is 10.4. The summed E-state index contributed by atoms with van der Waals surface area (Å²) in [6, 6.07) is 0. The van der Waals surface area contributed by atoms with Crippen LogP contribution in [0.1, 0.15) is 27.2 Å². The van der Waals surface area contributed by atoms with Crippen LogP contribution in [0.2, 0.25) is 0 Å². The van der Waals surface area contributed by atoms with Gasteiger partial charge in [-0.25, -0.2) is 0 Å². The monoisotopic (exact) mass is 216 g/mol. The molecule has 0 fully saturated rings. The average molecular weight is 216 g/mol. The molecule has 15 heavy (non-hydrogen) atoms. The molecular formula is C12H28N2O. The first-order chi connectivity index (χ1) is 7.16. The van der Waals surface area contributed by atoms with Gasteiger partial charge in [0, 0.05) is 26.2 Å². The Morgan fingerprint density at radius 3 is 2.53 bits per heavy atom. The molecule has 0 spiro atoms. The second-order valence-corrected chi connectivity index (χ2v) is 4.52. The Balaban J connectivity index is 3.15. The molecule has 0 heterocycles. The lowest BCUT2D eigenvalue weighted by atomic mass is 10.2. The summed E-state index contributed by atoms with van der Waals surface area (Å²) in [5.41, 5.74) is 0. The molecule has 0 aromatic heterocycles. The van der Waals surface area contributed by atoms with Crippen LogP contribution in [0.3, 0.4) is 0 Å². The van der Waals surface area contributed by atoms with Gasteiger partial charge in [0.05, 0.1) is 6.61 Å². The molecule has 1 N–H and O–H groups in total. The first-order valence-corrected chi connectivity index (χ1v) is 6.13. The minimum absolute atomic E-state index is 0.640. The van der Waals surface area contributed by atoms with Gasteiger partial charge < -0.3 is 15.0 Å². The van der Waals surface area contributed by atoms with Gasteiger partial charge in [0.2, 0.25) is 0 Å². The third-order valence-electron chi connectivity index (χ3n) is 2.17. The fourth-order valence-electron chi connectivity index (χ4n) is 1.22. The van der Waals surface area contributed by atoms with Gasteiger partial charge in [-0.3, -0.25) is 0 Å². The van der Waals surface area contributed by atoms with E-state index in [-0.39, 0.29) is 0 Å². The Labute approximate surface area is 95.2 Å². The van der Waals surface area contributed by atoms with Gasteiger partial charge in [0.15, 0.2) is 0 Å². The smallest absolute Gasteiger partial charge is 0.0593 e. The van der Waals surface area contributed by atoms with Gasteiger partial charge in [0.1, 0.15) is 0 Å². The van der Waals surface area contributed by atoms with Gasteiger partial charge in [-0.2, -0.15) is 0 Å². The van der Waals surface area contributed by atoms with Crippen molar-refractivity contribution in [3.63, 3.8) is 0 Å². The van der Waals surface area contributed by atoms with Gasteiger partial charge in [0.25, 0.3) is 0 Å². The van der Waals surface area contributed by atoms with Crippen LogP contribution in [0, 0.1) is 5.92 Å². The van der Waals surface area contributed by atoms with Crippen molar-refractivity contribution < 1.29 is 4.74 Å². The molecular weight excluding hydrogens is 188 g/mol. The highest BCUT2D eigenvalue weighted by atomic mass is 16.5. The van der Waals surface area contributed by atoms with E-state index in [4.69, 9.17) is 4.74 Å². The van der Waals surface area contributed by atoms with Crippen LogP contribution >= 0.6 is 0 Å². The van der Waals surface area contributed by atoms with E-state index in [1.54, 1.807) is 0 Å². The van der Waals surface area contributed by atoms with Crippen molar-refractivity contribution in [3.8, 4) is 0 Å². The fourth-order valence-corrected chi connectivity index (χ4v) is 1.22. The molecule has 3 nitrogen and oxygen atoms in total. The summed E-state index contributed by atoms with van der Waals surface area (Å²) in [7, 11) is 2.15. The van der Waals surface area contributed by atoms with E-state index in [0.29, 0.717) is 5.92 Å². The third-order valence-corrected chi connectivity index (χ3v) is 2.17. The average Bonchev–Trinajstić information content (AvgIpc) is 2.19. The molecule has 0 saturated heterocycles. The molecule has 0 aliphatic carbocycles. The molecule has 92 valence electrons. The minimum atomic E-state index is 0.640. The van der Waals surface area contributed by atoms with E-state index < -0.39 is 0 Å². The highest BCUT2D eigenvalue weighted by Crippen LogP contribution is 1.92. The molecule has 0 bridgehead atoms. The van der Waals surface area contributed by atoms with Crippen molar-refractivity contribution in [3.05, 3.63) is 0 Å². The van der Waals surface area contributed by atoms with E-state index in [1.807, 2.05) is 0 Å². The summed E-state index contributed by atoms with van der Waals surface area (Å²) in [6.07, 6.45) is 1.21. The van der Waals surface area contributed by atoms with Gasteiger partial charge in [-0.05, 0) is 25.9 Å².